The molecule has 3 rings (SSSR count). The third kappa shape index (κ3) is 1.97. The third-order valence-electron chi connectivity index (χ3n) is 3.19. The first kappa shape index (κ1) is 12.2. The van der Waals surface area contributed by atoms with E-state index in [0.717, 1.165) is 0 Å². The second-order valence-corrected chi connectivity index (χ2v) is 4.46. The molecule has 1 aliphatic rings. The van der Waals surface area contributed by atoms with E-state index in [1.165, 1.54) is 12.1 Å². The average molecular weight is 267 g/mol. The lowest BCUT2D eigenvalue weighted by atomic mass is 10.1. The zero-order chi connectivity index (χ0) is 14.1. The van der Waals surface area contributed by atoms with E-state index in [1.807, 2.05) is 0 Å². The second-order valence-electron chi connectivity index (χ2n) is 4.46. The van der Waals surface area contributed by atoms with E-state index in [9.17, 15) is 9.18 Å². The molecule has 1 aliphatic heterocycles. The first-order valence-electron chi connectivity index (χ1n) is 6.05. The first-order valence-corrected chi connectivity index (χ1v) is 6.05. The molecule has 2 aromatic rings. The molecule has 0 saturated heterocycles. The molecule has 2 N–H and O–H groups in total. The van der Waals surface area contributed by atoms with Crippen LogP contribution in [-0.2, 0) is 4.79 Å². The fraction of sp³-hybridized carbons (Fsp3) is 0.0667. The zero-order valence-electron chi connectivity index (χ0n) is 10.4. The molecular weight excluding hydrogens is 257 g/mol. The molecule has 0 fully saturated rings. The molecule has 0 radical (unpaired) electrons. The molecule has 1 heterocycles. The monoisotopic (exact) mass is 267 g/mol. The Balaban J connectivity index is 1.97. The number of nitrogens with one attached hydrogen (secondary N) is 2. The molecule has 1 atom stereocenters. The lowest BCUT2D eigenvalue weighted by Gasteiger charge is -2.14. The number of nitriles is 1. The van der Waals surface area contributed by atoms with Crippen LogP contribution in [0.25, 0.3) is 0 Å². The van der Waals surface area contributed by atoms with E-state index in [4.69, 9.17) is 5.26 Å². The van der Waals surface area contributed by atoms with Crippen LogP contribution in [0.2, 0.25) is 0 Å². The molecule has 1 amide bonds. The van der Waals surface area contributed by atoms with Crippen LogP contribution >= 0.6 is 0 Å². The van der Waals surface area contributed by atoms with Crippen LogP contribution in [0, 0.1) is 17.1 Å². The smallest absolute Gasteiger partial charge is 0.251 e. The van der Waals surface area contributed by atoms with Gasteiger partial charge in [0.15, 0.2) is 0 Å². The number of nitrogens with zero attached hydrogens (tertiary/aromatic N) is 1. The fourth-order valence-corrected chi connectivity index (χ4v) is 2.24. The second kappa shape index (κ2) is 4.67. The van der Waals surface area contributed by atoms with Crippen LogP contribution in [0.1, 0.15) is 17.2 Å². The maximum atomic E-state index is 13.1. The van der Waals surface area contributed by atoms with Gasteiger partial charge in [0.05, 0.1) is 11.3 Å². The summed E-state index contributed by atoms with van der Waals surface area (Å²) >= 11 is 0. The van der Waals surface area contributed by atoms with E-state index in [-0.39, 0.29) is 5.91 Å². The van der Waals surface area contributed by atoms with Gasteiger partial charge < -0.3 is 10.6 Å². The lowest BCUT2D eigenvalue weighted by Crippen LogP contribution is -2.20. The van der Waals surface area contributed by atoms with E-state index >= 15 is 0 Å². The highest BCUT2D eigenvalue weighted by atomic mass is 19.1. The number of hydrogen-bond acceptors (Lipinski definition) is 3. The van der Waals surface area contributed by atoms with Gasteiger partial charge in [-0.25, -0.2) is 4.39 Å². The number of carbonyl (C=O) groups is 1. The van der Waals surface area contributed by atoms with E-state index in [0.29, 0.717) is 22.5 Å². The largest absolute Gasteiger partial charge is 0.369 e. The van der Waals surface area contributed by atoms with Crippen LogP contribution in [0.15, 0.2) is 42.5 Å². The molecule has 20 heavy (non-hydrogen) atoms. The summed E-state index contributed by atoms with van der Waals surface area (Å²) in [5.74, 6) is -0.666. The Hall–Kier alpha value is -2.87. The average Bonchev–Trinajstić information content (AvgIpc) is 2.75. The van der Waals surface area contributed by atoms with Crippen LogP contribution in [0.4, 0.5) is 15.8 Å². The van der Waals surface area contributed by atoms with Gasteiger partial charge in [0.2, 0.25) is 0 Å². The Labute approximate surface area is 114 Å². The van der Waals surface area contributed by atoms with E-state index in [2.05, 4.69) is 16.7 Å². The summed E-state index contributed by atoms with van der Waals surface area (Å²) in [6.45, 7) is 0. The van der Waals surface area contributed by atoms with Gasteiger partial charge in [0.1, 0.15) is 17.9 Å². The molecule has 4 nitrogen and oxygen atoms in total. The summed E-state index contributed by atoms with van der Waals surface area (Å²) in [6, 6.07) is 12.5. The van der Waals surface area contributed by atoms with Gasteiger partial charge in [-0.2, -0.15) is 5.26 Å². The molecule has 0 aromatic heterocycles. The van der Waals surface area contributed by atoms with Crippen molar-refractivity contribution in [3.05, 3.63) is 59.4 Å². The number of hydrogen-bond donors (Lipinski definition) is 2. The SMILES string of the molecule is N#Cc1ccccc1NC1C(=O)Nc2cc(F)ccc21. The summed E-state index contributed by atoms with van der Waals surface area (Å²) in [6.07, 6.45) is 0. The Kier molecular flexibility index (Phi) is 2.84. The minimum absolute atomic E-state index is 0.265. The summed E-state index contributed by atoms with van der Waals surface area (Å²) in [4.78, 5) is 12.0. The van der Waals surface area contributed by atoms with Gasteiger partial charge in [-0.15, -0.1) is 0 Å². The summed E-state index contributed by atoms with van der Waals surface area (Å²) in [5, 5.41) is 14.7. The highest BCUT2D eigenvalue weighted by molar-refractivity contribution is 6.04. The molecule has 2 aromatic carbocycles. The lowest BCUT2D eigenvalue weighted by molar-refractivity contribution is -0.116. The number of halogens is 1. The van der Waals surface area contributed by atoms with Crippen LogP contribution in [0.3, 0.4) is 0 Å². The number of anilines is 2. The highest BCUT2D eigenvalue weighted by Gasteiger charge is 2.31. The molecule has 1 unspecified atom stereocenters. The van der Waals surface area contributed by atoms with Gasteiger partial charge in [0.25, 0.3) is 5.91 Å². The minimum Gasteiger partial charge on any atom is -0.369 e. The van der Waals surface area contributed by atoms with Crippen molar-refractivity contribution >= 4 is 17.3 Å². The van der Waals surface area contributed by atoms with Crippen LogP contribution < -0.4 is 10.6 Å². The molecule has 0 bridgehead atoms. The first-order chi connectivity index (χ1) is 9.69. The number of para-hydroxylation sites is 1. The molecule has 98 valence electrons. The summed E-state index contributed by atoms with van der Waals surface area (Å²) in [7, 11) is 0. The number of carbonyl (C=O) groups excluding carboxylic acids is 1. The fourth-order valence-electron chi connectivity index (χ4n) is 2.24. The van der Waals surface area contributed by atoms with E-state index < -0.39 is 11.9 Å². The number of benzene rings is 2. The van der Waals surface area contributed by atoms with Crippen molar-refractivity contribution in [3.63, 3.8) is 0 Å². The minimum atomic E-state index is -0.625. The normalized spacial score (nSPS) is 16.2. The van der Waals surface area contributed by atoms with Crippen molar-refractivity contribution in [3.8, 4) is 6.07 Å². The molecule has 5 heteroatoms. The van der Waals surface area contributed by atoms with Crippen molar-refractivity contribution < 1.29 is 9.18 Å². The van der Waals surface area contributed by atoms with Crippen LogP contribution in [0.5, 0.6) is 0 Å². The number of rotatable bonds is 2. The Morgan fingerprint density at radius 2 is 2.05 bits per heavy atom. The standard InChI is InChI=1S/C15H10FN3O/c16-10-5-6-11-13(7-10)19-15(20)14(11)18-12-4-2-1-3-9(12)8-17/h1-7,14,18H,(H,19,20). The molecule has 0 saturated carbocycles. The number of fused-ring (bicyclic) bond motifs is 1. The third-order valence-corrected chi connectivity index (χ3v) is 3.19. The van der Waals surface area contributed by atoms with Gasteiger partial charge in [0, 0.05) is 11.3 Å². The highest BCUT2D eigenvalue weighted by Crippen LogP contribution is 2.34. The van der Waals surface area contributed by atoms with Gasteiger partial charge in [-0.3, -0.25) is 4.79 Å². The van der Waals surface area contributed by atoms with Crippen molar-refractivity contribution in [1.29, 1.82) is 5.26 Å². The molecular formula is C15H10FN3O. The number of amides is 1. The van der Waals surface area contributed by atoms with Gasteiger partial charge in [-0.05, 0) is 24.3 Å². The summed E-state index contributed by atoms with van der Waals surface area (Å²) in [5.41, 5.74) is 2.16. The van der Waals surface area contributed by atoms with E-state index in [1.54, 1.807) is 30.3 Å². The van der Waals surface area contributed by atoms with Crippen molar-refractivity contribution in [2.45, 2.75) is 6.04 Å². The predicted molar refractivity (Wildman–Crippen MR) is 72.6 cm³/mol. The Morgan fingerprint density at radius 3 is 2.85 bits per heavy atom. The van der Waals surface area contributed by atoms with Crippen molar-refractivity contribution in [1.82, 2.24) is 0 Å². The predicted octanol–water partition coefficient (Wildman–Crippen LogP) is 2.80. The topological polar surface area (TPSA) is 64.9 Å². The van der Waals surface area contributed by atoms with Crippen LogP contribution in [-0.4, -0.2) is 5.91 Å². The van der Waals surface area contributed by atoms with Gasteiger partial charge in [-0.1, -0.05) is 18.2 Å². The van der Waals surface area contributed by atoms with Crippen molar-refractivity contribution in [2.24, 2.45) is 0 Å². The summed E-state index contributed by atoms with van der Waals surface area (Å²) < 4.78 is 13.1. The maximum Gasteiger partial charge on any atom is 0.251 e. The molecule has 0 spiro atoms. The maximum absolute atomic E-state index is 13.1. The molecule has 0 aliphatic carbocycles. The Morgan fingerprint density at radius 1 is 1.25 bits per heavy atom. The van der Waals surface area contributed by atoms with Crippen molar-refractivity contribution in [2.75, 3.05) is 10.6 Å². The van der Waals surface area contributed by atoms with Gasteiger partial charge >= 0.3 is 0 Å². The Bertz CT molecular complexity index is 736. The quantitative estimate of drug-likeness (QED) is 0.879. The zero-order valence-corrected chi connectivity index (χ0v) is 10.4.